The predicted octanol–water partition coefficient (Wildman–Crippen LogP) is 13.5. The molecule has 13 aromatic rings. The fraction of sp³-hybridized carbons (Fsp3) is 0.0328. The molecule has 0 saturated heterocycles. The zero-order chi connectivity index (χ0) is 44.9. The number of furan rings is 1. The van der Waals surface area contributed by atoms with Crippen molar-refractivity contribution in [3.63, 3.8) is 0 Å². The van der Waals surface area contributed by atoms with Gasteiger partial charge in [0.15, 0.2) is 5.58 Å². The van der Waals surface area contributed by atoms with Crippen LogP contribution in [0.15, 0.2) is 205 Å². The molecule has 9 aromatic carbocycles. The largest absolute Gasteiger partial charge is 0.458 e. The molecule has 0 amide bonds. The number of aromatic nitrogens is 3. The SMILES string of the molecule is c1ccc(-n2c3ccccc3c3cc(-n4c5ccccc5c5cc(CCc6cc7c8c(c6)Oc6cccc9c6B8c6c(cccc6N9c6ccc8oc9cccnc9c8c6)O7)ccc54)ccc32)cc1. The van der Waals surface area contributed by atoms with Crippen molar-refractivity contribution in [2.45, 2.75) is 12.8 Å². The molecule has 0 bridgehead atoms. The van der Waals surface area contributed by atoms with E-state index in [1.165, 1.54) is 54.7 Å². The summed E-state index contributed by atoms with van der Waals surface area (Å²) in [6, 6.07) is 69.7. The summed E-state index contributed by atoms with van der Waals surface area (Å²) in [5.41, 5.74) is 18.6. The third-order valence-electron chi connectivity index (χ3n) is 14.9. The molecule has 0 aliphatic carbocycles. The van der Waals surface area contributed by atoms with Crippen LogP contribution in [0.2, 0.25) is 0 Å². The summed E-state index contributed by atoms with van der Waals surface area (Å²) < 4.78 is 24.8. The molecule has 3 aliphatic heterocycles. The Bertz CT molecular complexity index is 4280. The van der Waals surface area contributed by atoms with Gasteiger partial charge in [-0.25, -0.2) is 0 Å². The Labute approximate surface area is 395 Å². The van der Waals surface area contributed by atoms with Gasteiger partial charge in [-0.05, 0) is 156 Å². The first-order valence-corrected chi connectivity index (χ1v) is 23.7. The molecule has 8 heteroatoms. The summed E-state index contributed by atoms with van der Waals surface area (Å²) in [4.78, 5) is 7.02. The van der Waals surface area contributed by atoms with Crippen LogP contribution in [0.1, 0.15) is 11.1 Å². The van der Waals surface area contributed by atoms with E-state index in [0.29, 0.717) is 0 Å². The zero-order valence-corrected chi connectivity index (χ0v) is 37.1. The van der Waals surface area contributed by atoms with E-state index < -0.39 is 0 Å². The first-order chi connectivity index (χ1) is 34.2. The molecule has 0 N–H and O–H groups in total. The van der Waals surface area contributed by atoms with Crippen LogP contribution >= 0.6 is 0 Å². The van der Waals surface area contributed by atoms with Gasteiger partial charge in [0.25, 0.3) is 6.71 Å². The predicted molar refractivity (Wildman–Crippen MR) is 280 cm³/mol. The summed E-state index contributed by atoms with van der Waals surface area (Å²) in [6.07, 6.45) is 3.52. The maximum absolute atomic E-state index is 6.93. The van der Waals surface area contributed by atoms with Crippen molar-refractivity contribution in [1.82, 2.24) is 14.1 Å². The third-order valence-corrected chi connectivity index (χ3v) is 14.9. The monoisotopic (exact) mass is 884 g/mol. The first-order valence-electron chi connectivity index (χ1n) is 23.7. The summed E-state index contributed by atoms with van der Waals surface area (Å²) >= 11 is 0. The molecule has 0 unspecified atom stereocenters. The van der Waals surface area contributed by atoms with Gasteiger partial charge >= 0.3 is 0 Å². The Morgan fingerprint density at radius 1 is 0.391 bits per heavy atom. The van der Waals surface area contributed by atoms with E-state index >= 15 is 0 Å². The second kappa shape index (κ2) is 13.8. The lowest BCUT2D eigenvalue weighted by atomic mass is 9.33. The number of benzene rings is 9. The highest BCUT2D eigenvalue weighted by atomic mass is 16.5. The number of aryl methyl sites for hydroxylation is 2. The highest BCUT2D eigenvalue weighted by molar-refractivity contribution is 7.00. The molecule has 0 spiro atoms. The molecule has 322 valence electrons. The molecule has 16 rings (SSSR count). The Kier molecular flexibility index (Phi) is 7.41. The number of nitrogens with zero attached hydrogens (tertiary/aromatic N) is 4. The minimum Gasteiger partial charge on any atom is -0.458 e. The van der Waals surface area contributed by atoms with Gasteiger partial charge in [-0.15, -0.1) is 0 Å². The molecule has 4 aromatic heterocycles. The number of pyridine rings is 1. The topological polar surface area (TPSA) is 57.6 Å². The van der Waals surface area contributed by atoms with Crippen LogP contribution in [0.4, 0.5) is 17.1 Å². The highest BCUT2D eigenvalue weighted by Crippen LogP contribution is 2.47. The van der Waals surface area contributed by atoms with Crippen LogP contribution in [0.25, 0.3) is 77.1 Å². The second-order valence-electron chi connectivity index (χ2n) is 18.6. The van der Waals surface area contributed by atoms with E-state index in [2.05, 4.69) is 201 Å². The van der Waals surface area contributed by atoms with E-state index in [-0.39, 0.29) is 6.71 Å². The van der Waals surface area contributed by atoms with Gasteiger partial charge < -0.3 is 27.9 Å². The van der Waals surface area contributed by atoms with Crippen LogP contribution in [-0.2, 0) is 12.8 Å². The summed E-state index contributed by atoms with van der Waals surface area (Å²) in [5.74, 6) is 3.48. The lowest BCUT2D eigenvalue weighted by molar-refractivity contribution is 0.463. The third kappa shape index (κ3) is 5.20. The number of rotatable bonds is 6. The minimum atomic E-state index is -0.0247. The molecule has 0 atom stereocenters. The van der Waals surface area contributed by atoms with Gasteiger partial charge in [-0.2, -0.15) is 0 Å². The Hall–Kier alpha value is -9.01. The number of hydrogen-bond acceptors (Lipinski definition) is 5. The van der Waals surface area contributed by atoms with Crippen LogP contribution in [0.3, 0.4) is 0 Å². The minimum absolute atomic E-state index is 0.0247. The van der Waals surface area contributed by atoms with Crippen molar-refractivity contribution < 1.29 is 13.9 Å². The molecular formula is C61H37BN4O3. The van der Waals surface area contributed by atoms with E-state index in [4.69, 9.17) is 13.9 Å². The summed E-state index contributed by atoms with van der Waals surface area (Å²) in [6.45, 7) is -0.0247. The van der Waals surface area contributed by atoms with E-state index in [1.54, 1.807) is 0 Å². The Balaban J connectivity index is 0.754. The van der Waals surface area contributed by atoms with Crippen molar-refractivity contribution in [2.24, 2.45) is 0 Å². The normalized spacial score (nSPS) is 13.2. The Morgan fingerprint density at radius 2 is 1.00 bits per heavy atom. The molecular weight excluding hydrogens is 848 g/mol. The van der Waals surface area contributed by atoms with Crippen molar-refractivity contribution >= 4 is 106 Å². The molecule has 0 radical (unpaired) electrons. The van der Waals surface area contributed by atoms with Crippen LogP contribution in [0.5, 0.6) is 23.0 Å². The van der Waals surface area contributed by atoms with Gasteiger partial charge in [0, 0.05) is 67.0 Å². The standard InChI is InChI=1S/C61H37BN4O3/c1-2-11-38(12-3-1)64-46-15-6-5-14-42(46)44-34-39(25-28-49(44)64)65-47-16-7-4-13-41(47)43-31-36(24-27-48(43)65)22-23-37-32-56-60-57(33-37)69-54-20-9-18-51-59(54)62(60)58-50(17-8-19-53(58)68-56)66(51)40-26-29-52-45(35-40)61-55(67-52)21-10-30-63-61/h1-21,24-35H,22-23H2. The van der Waals surface area contributed by atoms with Gasteiger partial charge in [0.1, 0.15) is 34.1 Å². The van der Waals surface area contributed by atoms with E-state index in [1.807, 2.05) is 18.3 Å². The molecule has 0 fully saturated rings. The second-order valence-corrected chi connectivity index (χ2v) is 18.6. The van der Waals surface area contributed by atoms with Crippen molar-refractivity contribution in [3.8, 4) is 34.4 Å². The summed E-state index contributed by atoms with van der Waals surface area (Å²) in [7, 11) is 0. The average molecular weight is 885 g/mol. The van der Waals surface area contributed by atoms with Gasteiger partial charge in [-0.1, -0.05) is 72.8 Å². The maximum atomic E-state index is 6.93. The first kappa shape index (κ1) is 37.1. The van der Waals surface area contributed by atoms with E-state index in [9.17, 15) is 0 Å². The van der Waals surface area contributed by atoms with E-state index in [0.717, 1.165) is 103 Å². The number of fused-ring (bicyclic) bond motifs is 9. The molecule has 69 heavy (non-hydrogen) atoms. The lowest BCUT2D eigenvalue weighted by Crippen LogP contribution is -2.61. The van der Waals surface area contributed by atoms with Crippen molar-refractivity contribution in [1.29, 1.82) is 0 Å². The van der Waals surface area contributed by atoms with Gasteiger partial charge in [0.05, 0.1) is 22.1 Å². The average Bonchev–Trinajstić information content (AvgIpc) is 4.05. The smallest absolute Gasteiger partial charge is 0.266 e. The fourth-order valence-corrected chi connectivity index (χ4v) is 12.0. The molecule has 7 heterocycles. The summed E-state index contributed by atoms with van der Waals surface area (Å²) in [5, 5.41) is 5.96. The number of ether oxygens (including phenoxy) is 2. The maximum Gasteiger partial charge on any atom is 0.266 e. The lowest BCUT2D eigenvalue weighted by Gasteiger charge is -2.42. The van der Waals surface area contributed by atoms with Gasteiger partial charge in [0.2, 0.25) is 0 Å². The van der Waals surface area contributed by atoms with Crippen LogP contribution < -0.4 is 30.8 Å². The number of anilines is 3. The highest BCUT2D eigenvalue weighted by Gasteiger charge is 2.47. The van der Waals surface area contributed by atoms with Crippen molar-refractivity contribution in [2.75, 3.05) is 4.90 Å². The molecule has 7 nitrogen and oxygen atoms in total. The number of para-hydroxylation sites is 3. The molecule has 0 saturated carbocycles. The Morgan fingerprint density at radius 3 is 1.74 bits per heavy atom. The number of hydrogen-bond donors (Lipinski definition) is 0. The quantitative estimate of drug-likeness (QED) is 0.156. The fourth-order valence-electron chi connectivity index (χ4n) is 12.0. The van der Waals surface area contributed by atoms with Crippen LogP contribution in [-0.4, -0.2) is 20.8 Å². The van der Waals surface area contributed by atoms with Crippen LogP contribution in [0, 0.1) is 0 Å². The van der Waals surface area contributed by atoms with Crippen molar-refractivity contribution in [3.05, 3.63) is 211 Å². The van der Waals surface area contributed by atoms with Gasteiger partial charge in [-0.3, -0.25) is 4.98 Å². The molecule has 3 aliphatic rings. The zero-order valence-electron chi connectivity index (χ0n) is 37.1.